The molecule has 0 radical (unpaired) electrons. The molecular weight excluding hydrogens is 258 g/mol. The Hall–Kier alpha value is -2.89. The van der Waals surface area contributed by atoms with E-state index in [0.717, 1.165) is 11.0 Å². The summed E-state index contributed by atoms with van der Waals surface area (Å²) in [6, 6.07) is 10.5. The fourth-order valence-electron chi connectivity index (χ4n) is 2.05. The second-order valence-electron chi connectivity index (χ2n) is 4.18. The Kier molecular flexibility index (Phi) is 2.83. The van der Waals surface area contributed by atoms with Crippen molar-refractivity contribution in [2.75, 3.05) is 7.11 Å². The van der Waals surface area contributed by atoms with E-state index in [2.05, 4.69) is 14.7 Å². The fraction of sp³-hybridized carbons (Fsp3) is 0.0714. The van der Waals surface area contributed by atoms with Gasteiger partial charge in [0, 0.05) is 0 Å². The second-order valence-corrected chi connectivity index (χ2v) is 4.18. The van der Waals surface area contributed by atoms with Gasteiger partial charge in [0.1, 0.15) is 5.69 Å². The highest BCUT2D eigenvalue weighted by Crippen LogP contribution is 2.14. The number of hydrogen-bond donors (Lipinski definition) is 1. The smallest absolute Gasteiger partial charge is 0.356 e. The molecule has 0 bridgehead atoms. The first-order chi connectivity index (χ1) is 9.70. The van der Waals surface area contributed by atoms with Crippen LogP contribution in [0.1, 0.15) is 10.5 Å². The van der Waals surface area contributed by atoms with Gasteiger partial charge in [-0.05, 0) is 24.3 Å². The molecule has 2 aromatic heterocycles. The van der Waals surface area contributed by atoms with Crippen molar-refractivity contribution in [1.29, 1.82) is 0 Å². The van der Waals surface area contributed by atoms with Gasteiger partial charge in [0.25, 0.3) is 0 Å². The molecule has 0 amide bonds. The lowest BCUT2D eigenvalue weighted by atomic mass is 10.3. The minimum Gasteiger partial charge on any atom is -0.464 e. The number of rotatable bonds is 2. The maximum atomic E-state index is 12.0. The van der Waals surface area contributed by atoms with Gasteiger partial charge in [-0.2, -0.15) is 0 Å². The van der Waals surface area contributed by atoms with Crippen LogP contribution in [-0.2, 0) is 4.74 Å². The summed E-state index contributed by atoms with van der Waals surface area (Å²) in [6.07, 6.45) is 1.47. The number of para-hydroxylation sites is 2. The summed E-state index contributed by atoms with van der Waals surface area (Å²) in [5.41, 5.74) is 2.03. The molecule has 0 saturated carbocycles. The van der Waals surface area contributed by atoms with E-state index >= 15 is 0 Å². The molecule has 0 atom stereocenters. The lowest BCUT2D eigenvalue weighted by Crippen LogP contribution is -2.15. The minimum atomic E-state index is -0.511. The van der Waals surface area contributed by atoms with E-state index in [0.29, 0.717) is 5.69 Å². The zero-order chi connectivity index (χ0) is 14.1. The molecule has 6 heteroatoms. The van der Waals surface area contributed by atoms with E-state index in [1.807, 2.05) is 24.3 Å². The number of esters is 1. The van der Waals surface area contributed by atoms with Crippen LogP contribution >= 0.6 is 0 Å². The molecular formula is C14H11N3O3. The number of carbonyl (C=O) groups excluding carboxylic acids is 1. The average molecular weight is 269 g/mol. The predicted octanol–water partition coefficient (Wildman–Crippen LogP) is 1.50. The van der Waals surface area contributed by atoms with E-state index in [-0.39, 0.29) is 11.4 Å². The maximum absolute atomic E-state index is 12.0. The van der Waals surface area contributed by atoms with Gasteiger partial charge in [0.2, 0.25) is 0 Å². The van der Waals surface area contributed by atoms with Crippen molar-refractivity contribution in [1.82, 2.24) is 14.5 Å². The molecule has 0 unspecified atom stereocenters. The molecule has 1 aromatic carbocycles. The van der Waals surface area contributed by atoms with Crippen molar-refractivity contribution in [3.63, 3.8) is 0 Å². The lowest BCUT2D eigenvalue weighted by Gasteiger charge is -2.03. The van der Waals surface area contributed by atoms with E-state index in [9.17, 15) is 9.59 Å². The van der Waals surface area contributed by atoms with Crippen LogP contribution in [0.25, 0.3) is 16.7 Å². The quantitative estimate of drug-likeness (QED) is 0.715. The van der Waals surface area contributed by atoms with Crippen molar-refractivity contribution in [2.45, 2.75) is 0 Å². The molecule has 0 aliphatic heterocycles. The summed E-state index contributed by atoms with van der Waals surface area (Å²) in [5, 5.41) is 0. The molecule has 0 fully saturated rings. The largest absolute Gasteiger partial charge is 0.464 e. The Labute approximate surface area is 113 Å². The highest BCUT2D eigenvalue weighted by atomic mass is 16.5. The van der Waals surface area contributed by atoms with Crippen LogP contribution in [0.15, 0.2) is 47.4 Å². The summed E-state index contributed by atoms with van der Waals surface area (Å²) in [7, 11) is 1.29. The SMILES string of the molecule is COC(=O)c1ccc(-n2c(=O)[nH]c3ccccc32)cn1. The first kappa shape index (κ1) is 12.2. The first-order valence-electron chi connectivity index (χ1n) is 5.95. The van der Waals surface area contributed by atoms with Gasteiger partial charge in [-0.3, -0.25) is 4.57 Å². The summed E-state index contributed by atoms with van der Waals surface area (Å²) >= 11 is 0. The number of hydrogen-bond acceptors (Lipinski definition) is 4. The number of methoxy groups -OCH3 is 1. The van der Waals surface area contributed by atoms with Gasteiger partial charge in [0.15, 0.2) is 0 Å². The molecule has 0 aliphatic rings. The fourth-order valence-corrected chi connectivity index (χ4v) is 2.05. The van der Waals surface area contributed by atoms with Gasteiger partial charge >= 0.3 is 11.7 Å². The Balaban J connectivity index is 2.14. The van der Waals surface area contributed by atoms with Crippen molar-refractivity contribution in [2.24, 2.45) is 0 Å². The monoisotopic (exact) mass is 269 g/mol. The van der Waals surface area contributed by atoms with Gasteiger partial charge in [0.05, 0.1) is 30.0 Å². The Morgan fingerprint density at radius 2 is 2.05 bits per heavy atom. The van der Waals surface area contributed by atoms with Gasteiger partial charge < -0.3 is 9.72 Å². The topological polar surface area (TPSA) is 77.0 Å². The molecule has 3 aromatic rings. The number of aromatic nitrogens is 3. The third-order valence-corrected chi connectivity index (χ3v) is 2.99. The summed E-state index contributed by atoms with van der Waals surface area (Å²) < 4.78 is 6.09. The van der Waals surface area contributed by atoms with Crippen molar-refractivity contribution in [3.05, 3.63) is 58.8 Å². The molecule has 20 heavy (non-hydrogen) atoms. The molecule has 100 valence electrons. The standard InChI is InChI=1S/C14H11N3O3/c1-20-13(18)11-7-6-9(8-15-11)17-12-5-3-2-4-10(12)16-14(17)19/h2-8H,1H3,(H,16,19). The average Bonchev–Trinajstić information content (AvgIpc) is 2.82. The third kappa shape index (κ3) is 1.87. The zero-order valence-electron chi connectivity index (χ0n) is 10.7. The molecule has 0 aliphatic carbocycles. The number of fused-ring (bicyclic) bond motifs is 1. The summed E-state index contributed by atoms with van der Waals surface area (Å²) in [4.78, 5) is 30.1. The minimum absolute atomic E-state index is 0.198. The predicted molar refractivity (Wildman–Crippen MR) is 73.0 cm³/mol. The van der Waals surface area contributed by atoms with Gasteiger partial charge in [-0.15, -0.1) is 0 Å². The maximum Gasteiger partial charge on any atom is 0.356 e. The number of H-pyrrole nitrogens is 1. The zero-order valence-corrected chi connectivity index (χ0v) is 10.7. The summed E-state index contributed by atoms with van der Waals surface area (Å²) in [5.74, 6) is -0.511. The molecule has 0 saturated heterocycles. The van der Waals surface area contributed by atoms with Crippen LogP contribution in [0.5, 0.6) is 0 Å². The number of benzene rings is 1. The second kappa shape index (κ2) is 4.65. The number of aromatic amines is 1. The molecule has 1 N–H and O–H groups in total. The van der Waals surface area contributed by atoms with Crippen molar-refractivity contribution < 1.29 is 9.53 Å². The van der Waals surface area contributed by atoms with E-state index in [1.165, 1.54) is 23.9 Å². The third-order valence-electron chi connectivity index (χ3n) is 2.99. The van der Waals surface area contributed by atoms with Crippen LogP contribution in [-0.4, -0.2) is 27.6 Å². The number of ether oxygens (including phenoxy) is 1. The van der Waals surface area contributed by atoms with Crippen molar-refractivity contribution >= 4 is 17.0 Å². The molecule has 0 spiro atoms. The van der Waals surface area contributed by atoms with E-state index in [4.69, 9.17) is 0 Å². The van der Waals surface area contributed by atoms with Gasteiger partial charge in [-0.25, -0.2) is 14.6 Å². The number of imidazole rings is 1. The number of nitrogens with zero attached hydrogens (tertiary/aromatic N) is 2. The number of carbonyl (C=O) groups is 1. The molecule has 6 nitrogen and oxygen atoms in total. The lowest BCUT2D eigenvalue weighted by molar-refractivity contribution is 0.0594. The number of nitrogens with one attached hydrogen (secondary N) is 1. The Morgan fingerprint density at radius 1 is 1.25 bits per heavy atom. The van der Waals surface area contributed by atoms with Crippen LogP contribution in [0, 0.1) is 0 Å². The normalized spacial score (nSPS) is 10.7. The van der Waals surface area contributed by atoms with Crippen LogP contribution < -0.4 is 5.69 Å². The first-order valence-corrected chi connectivity index (χ1v) is 5.95. The number of pyridine rings is 1. The Morgan fingerprint density at radius 3 is 2.75 bits per heavy atom. The highest BCUT2D eigenvalue weighted by molar-refractivity contribution is 5.87. The van der Waals surface area contributed by atoms with Crippen molar-refractivity contribution in [3.8, 4) is 5.69 Å². The van der Waals surface area contributed by atoms with E-state index < -0.39 is 5.97 Å². The van der Waals surface area contributed by atoms with Crippen LogP contribution in [0.3, 0.4) is 0 Å². The highest BCUT2D eigenvalue weighted by Gasteiger charge is 2.10. The van der Waals surface area contributed by atoms with Crippen LogP contribution in [0.2, 0.25) is 0 Å². The van der Waals surface area contributed by atoms with E-state index in [1.54, 1.807) is 6.07 Å². The van der Waals surface area contributed by atoms with Crippen LogP contribution in [0.4, 0.5) is 0 Å². The molecule has 2 heterocycles. The Bertz CT molecular complexity index is 831. The van der Waals surface area contributed by atoms with Gasteiger partial charge in [-0.1, -0.05) is 12.1 Å². The summed E-state index contributed by atoms with van der Waals surface area (Å²) in [6.45, 7) is 0. The molecule has 3 rings (SSSR count).